The van der Waals surface area contributed by atoms with Crippen molar-refractivity contribution in [3.05, 3.63) is 0 Å². The molecule has 0 aliphatic carbocycles. The monoisotopic (exact) mass is 411 g/mol. The van der Waals surface area contributed by atoms with Crippen molar-refractivity contribution in [1.29, 1.82) is 0 Å². The Kier molecular flexibility index (Phi) is 163. The van der Waals surface area contributed by atoms with Crippen molar-refractivity contribution in [2.24, 2.45) is 0 Å². The van der Waals surface area contributed by atoms with E-state index in [2.05, 4.69) is 0 Å². The van der Waals surface area contributed by atoms with Crippen LogP contribution in [0.15, 0.2) is 0 Å². The maximum absolute atomic E-state index is 0. The molecule has 0 aromatic carbocycles. The fraction of sp³-hybridized carbons (Fsp3) is 0. The van der Waals surface area contributed by atoms with Crippen LogP contribution < -0.4 is 0 Å². The zero-order valence-corrected chi connectivity index (χ0v) is 7.71. The summed E-state index contributed by atoms with van der Waals surface area (Å²) in [7, 11) is 0. The molecule has 33 valence electrons. The van der Waals surface area contributed by atoms with Crippen LogP contribution in [0.2, 0.25) is 0 Å². The fourth-order valence-electron chi connectivity index (χ4n) is 0. The van der Waals surface area contributed by atoms with E-state index in [1.165, 1.54) is 0 Å². The minimum Gasteiger partial charge on any atom is 0 e. The second-order valence-electron chi connectivity index (χ2n) is 0. The first-order valence-corrected chi connectivity index (χ1v) is 0. The summed E-state index contributed by atoms with van der Waals surface area (Å²) in [4.78, 5) is 0. The van der Waals surface area contributed by atoms with Gasteiger partial charge in [0, 0.05) is 95.4 Å². The van der Waals surface area contributed by atoms with E-state index in [0.717, 1.165) is 0 Å². The van der Waals surface area contributed by atoms with Crippen LogP contribution in [0.25, 0.3) is 0 Å². The van der Waals surface area contributed by atoms with Crippen molar-refractivity contribution in [2.45, 2.75) is 0 Å². The summed E-state index contributed by atoms with van der Waals surface area (Å²) in [6, 6.07) is 0. The Labute approximate surface area is 129 Å². The van der Waals surface area contributed by atoms with Crippen LogP contribution in [0.4, 0.5) is 0 Å². The van der Waals surface area contributed by atoms with E-state index < -0.39 is 0 Å². The van der Waals surface area contributed by atoms with Crippen LogP contribution in [0.1, 0.15) is 0 Å². The molecule has 3 radical (unpaired) electrons. The first-order chi connectivity index (χ1) is 0. The first kappa shape index (κ1) is 34.3. The van der Waals surface area contributed by atoms with Crippen molar-refractivity contribution in [1.82, 2.24) is 0 Å². The molecule has 0 aliphatic rings. The van der Waals surface area contributed by atoms with Crippen molar-refractivity contribution in [3.63, 3.8) is 0 Å². The molecule has 0 aromatic rings. The molecule has 0 amide bonds. The molecule has 5 heteroatoms. The molecule has 5 heavy (non-hydrogen) atoms. The number of hydrogen-bond donors (Lipinski definition) is 0. The van der Waals surface area contributed by atoms with Crippen molar-refractivity contribution in [3.8, 4) is 0 Å². The Morgan fingerprint density at radius 3 is 1.00 bits per heavy atom. The maximum Gasteiger partial charge on any atom is 0 e. The van der Waals surface area contributed by atoms with Crippen LogP contribution in [0, 0.1) is 36.9 Å². The van der Waals surface area contributed by atoms with Crippen LogP contribution in [0.3, 0.4) is 0 Å². The molecule has 0 N–H and O–H groups in total. The van der Waals surface area contributed by atoms with E-state index in [1.54, 1.807) is 0 Å². The van der Waals surface area contributed by atoms with E-state index in [9.17, 15) is 0 Å². The molecule has 0 unspecified atom stereocenters. The minimum absolute atomic E-state index is 0. The summed E-state index contributed by atoms with van der Waals surface area (Å²) in [5, 5.41) is 0. The van der Waals surface area contributed by atoms with Crippen molar-refractivity contribution >= 4 is 37.2 Å². The molecule has 0 spiro atoms. The van der Waals surface area contributed by atoms with E-state index in [1.807, 2.05) is 0 Å². The Hall–Kier alpha value is 4.38. The van der Waals surface area contributed by atoms with Gasteiger partial charge in [-0.15, -0.1) is 0 Å². The molecule has 0 atom stereocenters. The van der Waals surface area contributed by atoms with Crippen LogP contribution in [-0.2, 0) is 58.6 Å². The van der Waals surface area contributed by atoms with Gasteiger partial charge in [0.1, 0.15) is 0 Å². The zero-order chi connectivity index (χ0) is 0. The van der Waals surface area contributed by atoms with E-state index in [0.29, 0.717) is 0 Å². The second-order valence-corrected chi connectivity index (χ2v) is 0. The molecule has 0 fully saturated rings. The molecule has 0 aliphatic heterocycles. The Balaban J connectivity index is 0. The van der Waals surface area contributed by atoms with Gasteiger partial charge in [0.15, 0.2) is 17.4 Å². The molecule has 0 bridgehead atoms. The fourth-order valence-corrected chi connectivity index (χ4v) is 0. The number of hydrogen-bond acceptors (Lipinski definition) is 0. The van der Waals surface area contributed by atoms with E-state index in [4.69, 9.17) is 0 Å². The normalized spacial score (nSPS) is 0. The Morgan fingerprint density at radius 2 is 1.00 bits per heavy atom. The topological polar surface area (TPSA) is 0 Å². The third-order valence-electron chi connectivity index (χ3n) is 0. The Bertz CT molecular complexity index is 11.6. The second kappa shape index (κ2) is 23.8. The molecule has 0 saturated heterocycles. The number of rotatable bonds is 0. The van der Waals surface area contributed by atoms with Gasteiger partial charge >= 0.3 is 19.8 Å². The largest absolute Gasteiger partial charge is 0 e. The van der Waals surface area contributed by atoms with Gasteiger partial charge in [0.05, 0.1) is 0 Å². The predicted octanol–water partition coefficient (Wildman–Crippen LogP) is -2.37. The van der Waals surface area contributed by atoms with Gasteiger partial charge in [0.25, 0.3) is 0 Å². The van der Waals surface area contributed by atoms with Gasteiger partial charge in [-0.25, -0.2) is 0 Å². The standard InChI is InChI=1S/Al.Ga.Lu.Sc.Y.6H. The molecule has 0 nitrogen and oxygen atoms in total. The summed E-state index contributed by atoms with van der Waals surface area (Å²) in [6.07, 6.45) is 0. The molecular formula is H6AlGaLuScY. The first-order valence-electron chi connectivity index (χ1n) is 0. The average molecular weight is 412 g/mol. The SMILES string of the molecule is [AlH3].[GaH3].[Lu].[Sc].[Y]. The molecule has 0 heterocycles. The molecule has 0 saturated carbocycles. The van der Waals surface area contributed by atoms with Crippen molar-refractivity contribution < 1.29 is 95.4 Å². The summed E-state index contributed by atoms with van der Waals surface area (Å²) in [5.74, 6) is 0. The van der Waals surface area contributed by atoms with Gasteiger partial charge in [0.2, 0.25) is 0 Å². The molecule has 0 aromatic heterocycles. The van der Waals surface area contributed by atoms with Gasteiger partial charge < -0.3 is 0 Å². The quantitative estimate of drug-likeness (QED) is 0.391. The van der Waals surface area contributed by atoms with E-state index >= 15 is 0 Å². The summed E-state index contributed by atoms with van der Waals surface area (Å²) in [5.41, 5.74) is 0. The van der Waals surface area contributed by atoms with Gasteiger partial charge in [-0.3, -0.25) is 0 Å². The summed E-state index contributed by atoms with van der Waals surface area (Å²) in [6.45, 7) is 0. The average Bonchev–Trinajstić information content (AvgIpc) is 0. The third-order valence-corrected chi connectivity index (χ3v) is 0. The van der Waals surface area contributed by atoms with Crippen LogP contribution >= 0.6 is 0 Å². The van der Waals surface area contributed by atoms with Crippen molar-refractivity contribution in [2.75, 3.05) is 0 Å². The summed E-state index contributed by atoms with van der Waals surface area (Å²) < 4.78 is 0. The third kappa shape index (κ3) is 17.8. The van der Waals surface area contributed by atoms with Gasteiger partial charge in [-0.1, -0.05) is 0 Å². The predicted molar refractivity (Wildman–Crippen MR) is 19.9 cm³/mol. The van der Waals surface area contributed by atoms with E-state index in [-0.39, 0.29) is 133 Å². The summed E-state index contributed by atoms with van der Waals surface area (Å²) >= 11 is 0. The van der Waals surface area contributed by atoms with Crippen LogP contribution in [-0.4, -0.2) is 37.2 Å². The van der Waals surface area contributed by atoms with Gasteiger partial charge in [-0.05, 0) is 0 Å². The smallest absolute Gasteiger partial charge is 0 e. The van der Waals surface area contributed by atoms with Crippen LogP contribution in [0.5, 0.6) is 0 Å². The minimum atomic E-state index is 0. The molecule has 0 rings (SSSR count). The molecular weight excluding hydrogens is 406 g/mol. The van der Waals surface area contributed by atoms with Gasteiger partial charge in [-0.2, -0.15) is 0 Å². The maximum atomic E-state index is 0. The zero-order valence-electron chi connectivity index (χ0n) is 1.41. The Morgan fingerprint density at radius 1 is 1.00 bits per heavy atom.